The van der Waals surface area contributed by atoms with Crippen LogP contribution < -0.4 is 0 Å². The van der Waals surface area contributed by atoms with Crippen LogP contribution in [0, 0.1) is 5.82 Å². The average Bonchev–Trinajstić information content (AvgIpc) is 2.91. The third-order valence-electron chi connectivity index (χ3n) is 4.28. The van der Waals surface area contributed by atoms with E-state index in [1.807, 2.05) is 6.07 Å². The van der Waals surface area contributed by atoms with Crippen molar-refractivity contribution in [3.05, 3.63) is 72.5 Å². The lowest BCUT2D eigenvalue weighted by atomic mass is 10.0. The molecular weight excluding hydrogens is 291 g/mol. The van der Waals surface area contributed by atoms with Crippen molar-refractivity contribution in [3.8, 4) is 0 Å². The highest BCUT2D eigenvalue weighted by Gasteiger charge is 2.09. The molecule has 22 heavy (non-hydrogen) atoms. The van der Waals surface area contributed by atoms with Gasteiger partial charge < -0.3 is 0 Å². The lowest BCUT2D eigenvalue weighted by molar-refractivity contribution is 0.630. The van der Waals surface area contributed by atoms with Gasteiger partial charge in [0.05, 0.1) is 0 Å². The van der Waals surface area contributed by atoms with Crippen molar-refractivity contribution in [1.82, 2.24) is 0 Å². The van der Waals surface area contributed by atoms with Crippen LogP contribution in [0.15, 0.2) is 66.7 Å². The molecule has 0 aliphatic heterocycles. The molecule has 0 spiro atoms. The van der Waals surface area contributed by atoms with Gasteiger partial charge in [-0.15, -0.1) is 11.3 Å². The lowest BCUT2D eigenvalue weighted by Crippen LogP contribution is -1.77. The monoisotopic (exact) mass is 302 g/mol. The largest absolute Gasteiger partial charge is 0.207 e. The molecule has 0 radical (unpaired) electrons. The molecule has 5 rings (SSSR count). The van der Waals surface area contributed by atoms with Crippen LogP contribution in [0.1, 0.15) is 0 Å². The quantitative estimate of drug-likeness (QED) is 0.286. The number of benzene rings is 4. The first-order valence-electron chi connectivity index (χ1n) is 7.23. The highest BCUT2D eigenvalue weighted by Crippen LogP contribution is 2.39. The Bertz CT molecular complexity index is 1180. The third-order valence-corrected chi connectivity index (χ3v) is 5.50. The molecule has 0 amide bonds. The maximum Gasteiger partial charge on any atom is 0.123 e. The second kappa shape index (κ2) is 4.28. The minimum Gasteiger partial charge on any atom is -0.207 e. The van der Waals surface area contributed by atoms with E-state index >= 15 is 0 Å². The van der Waals surface area contributed by atoms with E-state index < -0.39 is 0 Å². The molecule has 0 fully saturated rings. The summed E-state index contributed by atoms with van der Waals surface area (Å²) in [5.74, 6) is -0.175. The molecule has 0 unspecified atom stereocenters. The molecule has 0 aliphatic rings. The van der Waals surface area contributed by atoms with E-state index in [9.17, 15) is 4.39 Å². The van der Waals surface area contributed by atoms with E-state index in [0.717, 1.165) is 15.5 Å². The molecule has 1 heterocycles. The van der Waals surface area contributed by atoms with E-state index in [1.54, 1.807) is 17.4 Å². The van der Waals surface area contributed by atoms with Crippen molar-refractivity contribution in [3.63, 3.8) is 0 Å². The standard InChI is InChI=1S/C20H11FS/c21-15-6-8-19-18(11-15)16-7-5-14-9-12-3-1-2-4-13(12)10-17(14)20(16)22-19/h1-11H. The maximum absolute atomic E-state index is 13.6. The van der Waals surface area contributed by atoms with Crippen molar-refractivity contribution in [2.24, 2.45) is 0 Å². The van der Waals surface area contributed by atoms with Gasteiger partial charge in [-0.3, -0.25) is 0 Å². The van der Waals surface area contributed by atoms with Gasteiger partial charge in [-0.1, -0.05) is 36.4 Å². The second-order valence-electron chi connectivity index (χ2n) is 5.61. The predicted octanol–water partition coefficient (Wildman–Crippen LogP) is 6.50. The molecular formula is C20H11FS. The van der Waals surface area contributed by atoms with Gasteiger partial charge in [-0.05, 0) is 46.5 Å². The van der Waals surface area contributed by atoms with Gasteiger partial charge >= 0.3 is 0 Å². The molecule has 1 aromatic heterocycles. The molecule has 0 N–H and O–H groups in total. The summed E-state index contributed by atoms with van der Waals surface area (Å²) in [6, 6.07) is 22.2. The van der Waals surface area contributed by atoms with E-state index in [1.165, 1.54) is 32.3 Å². The summed E-state index contributed by atoms with van der Waals surface area (Å²) in [5.41, 5.74) is 0. The van der Waals surface area contributed by atoms with E-state index in [4.69, 9.17) is 0 Å². The molecule has 0 nitrogen and oxygen atoms in total. The van der Waals surface area contributed by atoms with Crippen LogP contribution >= 0.6 is 11.3 Å². The van der Waals surface area contributed by atoms with Crippen molar-refractivity contribution in [2.75, 3.05) is 0 Å². The van der Waals surface area contributed by atoms with E-state index in [-0.39, 0.29) is 5.82 Å². The second-order valence-corrected chi connectivity index (χ2v) is 6.66. The van der Waals surface area contributed by atoms with Crippen LogP contribution in [0.4, 0.5) is 4.39 Å². The lowest BCUT2D eigenvalue weighted by Gasteiger charge is -2.03. The zero-order valence-electron chi connectivity index (χ0n) is 11.6. The zero-order chi connectivity index (χ0) is 14.7. The summed E-state index contributed by atoms with van der Waals surface area (Å²) in [5, 5.41) is 7.13. The Labute approximate surface area is 130 Å². The van der Waals surface area contributed by atoms with Crippen LogP contribution in [0.2, 0.25) is 0 Å². The number of hydrogen-bond acceptors (Lipinski definition) is 1. The average molecular weight is 302 g/mol. The maximum atomic E-state index is 13.6. The third kappa shape index (κ3) is 1.62. The first-order chi connectivity index (χ1) is 10.8. The van der Waals surface area contributed by atoms with Crippen molar-refractivity contribution >= 4 is 53.1 Å². The summed E-state index contributed by atoms with van der Waals surface area (Å²) in [7, 11) is 0. The molecule has 104 valence electrons. The number of halogens is 1. The van der Waals surface area contributed by atoms with Crippen LogP contribution in [0.5, 0.6) is 0 Å². The van der Waals surface area contributed by atoms with Crippen LogP contribution in [-0.2, 0) is 0 Å². The fraction of sp³-hybridized carbons (Fsp3) is 0. The summed E-state index contributed by atoms with van der Waals surface area (Å²) < 4.78 is 15.9. The minimum atomic E-state index is -0.175. The van der Waals surface area contributed by atoms with Gasteiger partial charge in [0.1, 0.15) is 5.82 Å². The predicted molar refractivity (Wildman–Crippen MR) is 94.3 cm³/mol. The highest BCUT2D eigenvalue weighted by molar-refractivity contribution is 7.26. The Morgan fingerprint density at radius 3 is 2.32 bits per heavy atom. The summed E-state index contributed by atoms with van der Waals surface area (Å²) in [6.07, 6.45) is 0. The fourth-order valence-electron chi connectivity index (χ4n) is 3.22. The smallest absolute Gasteiger partial charge is 0.123 e. The van der Waals surface area contributed by atoms with Gasteiger partial charge in [-0.2, -0.15) is 0 Å². The summed E-state index contributed by atoms with van der Waals surface area (Å²) in [4.78, 5) is 0. The first-order valence-corrected chi connectivity index (χ1v) is 8.04. The zero-order valence-corrected chi connectivity index (χ0v) is 12.5. The number of fused-ring (bicyclic) bond motifs is 6. The van der Waals surface area contributed by atoms with Crippen LogP contribution in [-0.4, -0.2) is 0 Å². The highest BCUT2D eigenvalue weighted by atomic mass is 32.1. The molecule has 0 saturated heterocycles. The summed E-state index contributed by atoms with van der Waals surface area (Å²) in [6.45, 7) is 0. The SMILES string of the molecule is Fc1ccc2sc3c4cc5ccccc5cc4ccc3c2c1. The van der Waals surface area contributed by atoms with E-state index in [0.29, 0.717) is 0 Å². The number of rotatable bonds is 0. The Balaban J connectivity index is 2.02. The van der Waals surface area contributed by atoms with Gasteiger partial charge in [0.25, 0.3) is 0 Å². The number of thiophene rings is 1. The molecule has 4 aromatic carbocycles. The van der Waals surface area contributed by atoms with Crippen molar-refractivity contribution in [1.29, 1.82) is 0 Å². The van der Waals surface area contributed by atoms with E-state index in [2.05, 4.69) is 48.5 Å². The molecule has 0 atom stereocenters. The topological polar surface area (TPSA) is 0 Å². The van der Waals surface area contributed by atoms with Crippen LogP contribution in [0.25, 0.3) is 41.7 Å². The normalized spacial score (nSPS) is 11.9. The Hall–Kier alpha value is -2.45. The minimum absolute atomic E-state index is 0.175. The molecule has 5 aromatic rings. The van der Waals surface area contributed by atoms with Gasteiger partial charge in [-0.25, -0.2) is 4.39 Å². The van der Waals surface area contributed by atoms with Gasteiger partial charge in [0, 0.05) is 25.6 Å². The van der Waals surface area contributed by atoms with Gasteiger partial charge in [0.2, 0.25) is 0 Å². The van der Waals surface area contributed by atoms with Gasteiger partial charge in [0.15, 0.2) is 0 Å². The van der Waals surface area contributed by atoms with Crippen molar-refractivity contribution in [2.45, 2.75) is 0 Å². The molecule has 0 aliphatic carbocycles. The Morgan fingerprint density at radius 1 is 0.636 bits per heavy atom. The number of hydrogen-bond donors (Lipinski definition) is 0. The summed E-state index contributed by atoms with van der Waals surface area (Å²) >= 11 is 1.74. The molecule has 0 bridgehead atoms. The Kier molecular flexibility index (Phi) is 2.36. The Morgan fingerprint density at radius 2 is 1.45 bits per heavy atom. The first kappa shape index (κ1) is 12.1. The fourth-order valence-corrected chi connectivity index (χ4v) is 4.43. The molecule has 0 saturated carbocycles. The van der Waals surface area contributed by atoms with Crippen molar-refractivity contribution < 1.29 is 4.39 Å². The van der Waals surface area contributed by atoms with Crippen LogP contribution in [0.3, 0.4) is 0 Å². The molecule has 2 heteroatoms.